The molecule has 5 fully saturated rings. The summed E-state index contributed by atoms with van der Waals surface area (Å²) in [6.07, 6.45) is -16.6. The highest BCUT2D eigenvalue weighted by atomic mass is 32.3. The van der Waals surface area contributed by atoms with Gasteiger partial charge in [-0.2, -0.15) is 8.42 Å². The smallest absolute Gasteiger partial charge is 0.397 e. The van der Waals surface area contributed by atoms with Gasteiger partial charge in [0.25, 0.3) is 6.47 Å². The van der Waals surface area contributed by atoms with Crippen LogP contribution in [0.1, 0.15) is 75.7 Å². The van der Waals surface area contributed by atoms with E-state index in [-0.39, 0.29) is 30.8 Å². The molecular formula is C37H59N9O17S. The van der Waals surface area contributed by atoms with E-state index in [1.807, 2.05) is 20.8 Å². The van der Waals surface area contributed by atoms with Gasteiger partial charge in [-0.15, -0.1) is 0 Å². The monoisotopic (exact) mass is 933 g/mol. The molecule has 0 radical (unpaired) electrons. The molecule has 0 aromatic rings. The molecule has 5 rings (SSSR count). The Kier molecular flexibility index (Phi) is 17.5. The Morgan fingerprint density at radius 1 is 0.594 bits per heavy atom. The number of hydrogen-bond donors (Lipinski definition) is 2. The molecule has 0 spiro atoms. The lowest BCUT2D eigenvalue weighted by atomic mass is 9.82. The largest absolute Gasteiger partial charge is 0.479 e. The summed E-state index contributed by atoms with van der Waals surface area (Å²) in [4.78, 5) is 33.3. The third-order valence-corrected chi connectivity index (χ3v) is 13.9. The number of rotatable bonds is 16. The molecule has 24 atom stereocenters. The molecule has 0 aromatic carbocycles. The van der Waals surface area contributed by atoms with Gasteiger partial charge < -0.3 is 52.5 Å². The predicted octanol–water partition coefficient (Wildman–Crippen LogP) is 4.92. The zero-order valence-electron chi connectivity index (χ0n) is 37.1. The van der Waals surface area contributed by atoms with Crippen LogP contribution in [-0.2, 0) is 71.5 Å². The summed E-state index contributed by atoms with van der Waals surface area (Å²) in [6, 6.07) is -2.58. The van der Waals surface area contributed by atoms with Crippen molar-refractivity contribution < 1.29 is 79.2 Å². The molecule has 0 bridgehead atoms. The average molecular weight is 934 g/mol. The molecule has 5 aliphatic heterocycles. The van der Waals surface area contributed by atoms with Crippen molar-refractivity contribution in [2.75, 3.05) is 0 Å². The standard InChI is InChI=1S/C37H59N9O17S/c1-13-14(2)26(43-46-40)35(55-19(13)7)59-28-15(3)16(4)33(61-31(28)32(48)49)57-24-11-23(41-44-38)34(56-20(24)8)60-29-18(6)30(63-64(50,51)52)37(62-36(29)53-12-47)58-27-17(5)25(42-45-39)21(9)54-22(27)10/h12-31,33-37H,11H2,1-10H3,(H,48,49)(H,50,51,52)/t13-,14-,15+,16?,17+,18-,19?,20?,21+,22?,23?,24-,25?,26?,27-,28-,29-,30?,31?,33+,34+,35+,36?,37+/m0/s1. The Morgan fingerprint density at radius 2 is 1.20 bits per heavy atom. The second-order valence-corrected chi connectivity index (χ2v) is 18.4. The van der Waals surface area contributed by atoms with Crippen LogP contribution < -0.4 is 0 Å². The van der Waals surface area contributed by atoms with E-state index in [4.69, 9.17) is 57.1 Å². The highest BCUT2D eigenvalue weighted by Crippen LogP contribution is 2.42. The first-order valence-corrected chi connectivity index (χ1v) is 22.5. The maximum absolute atomic E-state index is 12.7. The fraction of sp³-hybridized carbons (Fsp3) is 0.946. The van der Waals surface area contributed by atoms with Crippen LogP contribution in [0.25, 0.3) is 31.3 Å². The van der Waals surface area contributed by atoms with Gasteiger partial charge in [-0.3, -0.25) is 9.35 Å². The first-order valence-electron chi connectivity index (χ1n) is 21.1. The van der Waals surface area contributed by atoms with E-state index >= 15 is 0 Å². The van der Waals surface area contributed by atoms with E-state index in [1.54, 1.807) is 41.5 Å². The molecule has 10 unspecified atom stereocenters. The number of carboxylic acids is 1. The summed E-state index contributed by atoms with van der Waals surface area (Å²) in [5.74, 6) is -4.09. The number of nitrogens with zero attached hydrogens (tertiary/aromatic N) is 9. The zero-order valence-corrected chi connectivity index (χ0v) is 37.9. The van der Waals surface area contributed by atoms with Crippen molar-refractivity contribution in [1.29, 1.82) is 0 Å². The summed E-state index contributed by atoms with van der Waals surface area (Å²) in [7, 11) is -5.18. The van der Waals surface area contributed by atoms with Gasteiger partial charge in [-0.1, -0.05) is 56.9 Å². The van der Waals surface area contributed by atoms with Gasteiger partial charge in [0, 0.05) is 26.6 Å². The van der Waals surface area contributed by atoms with Gasteiger partial charge in [0.2, 0.25) is 6.29 Å². The van der Waals surface area contributed by atoms with Gasteiger partial charge in [0.15, 0.2) is 31.3 Å². The van der Waals surface area contributed by atoms with Crippen LogP contribution in [0.15, 0.2) is 15.3 Å². The van der Waals surface area contributed by atoms with Gasteiger partial charge in [0.05, 0.1) is 54.7 Å². The molecule has 0 aromatic heterocycles. The van der Waals surface area contributed by atoms with Crippen molar-refractivity contribution in [3.05, 3.63) is 31.3 Å². The first kappa shape index (κ1) is 51.4. The molecule has 5 aliphatic rings. The van der Waals surface area contributed by atoms with Crippen molar-refractivity contribution in [3.8, 4) is 0 Å². The lowest BCUT2D eigenvalue weighted by molar-refractivity contribution is -0.373. The minimum absolute atomic E-state index is 0.0238. The van der Waals surface area contributed by atoms with Crippen LogP contribution in [-0.4, -0.2) is 141 Å². The second kappa shape index (κ2) is 21.8. The van der Waals surface area contributed by atoms with Crippen molar-refractivity contribution in [3.63, 3.8) is 0 Å². The molecule has 360 valence electrons. The number of ether oxygens (including phenoxy) is 10. The molecule has 64 heavy (non-hydrogen) atoms. The maximum atomic E-state index is 12.7. The fourth-order valence-corrected chi connectivity index (χ4v) is 9.77. The Hall–Kier alpha value is -3.62. The minimum atomic E-state index is -5.18. The predicted molar refractivity (Wildman–Crippen MR) is 215 cm³/mol. The van der Waals surface area contributed by atoms with E-state index in [1.165, 1.54) is 6.92 Å². The van der Waals surface area contributed by atoms with E-state index in [0.717, 1.165) is 0 Å². The Morgan fingerprint density at radius 3 is 1.81 bits per heavy atom. The van der Waals surface area contributed by atoms with Crippen LogP contribution >= 0.6 is 0 Å². The maximum Gasteiger partial charge on any atom is 0.397 e. The molecule has 26 nitrogen and oxygen atoms in total. The van der Waals surface area contributed by atoms with E-state index in [2.05, 4.69) is 30.1 Å². The number of carbonyl (C=O) groups is 2. The average Bonchev–Trinajstić information content (AvgIpc) is 3.22. The molecule has 0 amide bonds. The van der Waals surface area contributed by atoms with Crippen molar-refractivity contribution in [1.82, 2.24) is 0 Å². The lowest BCUT2D eigenvalue weighted by Gasteiger charge is -2.49. The second-order valence-electron chi connectivity index (χ2n) is 17.4. The van der Waals surface area contributed by atoms with Crippen molar-refractivity contribution in [2.45, 2.75) is 186 Å². The molecule has 0 aliphatic carbocycles. The fourth-order valence-electron chi connectivity index (χ4n) is 9.22. The van der Waals surface area contributed by atoms with Gasteiger partial charge in [0.1, 0.15) is 18.3 Å². The Labute approximate surface area is 369 Å². The zero-order chi connectivity index (χ0) is 47.4. The minimum Gasteiger partial charge on any atom is -0.479 e. The van der Waals surface area contributed by atoms with Gasteiger partial charge in [-0.25, -0.2) is 8.98 Å². The molecule has 5 saturated heterocycles. The van der Waals surface area contributed by atoms with Gasteiger partial charge >= 0.3 is 16.4 Å². The summed E-state index contributed by atoms with van der Waals surface area (Å²) in [5, 5.41) is 22.0. The summed E-state index contributed by atoms with van der Waals surface area (Å²) < 4.78 is 100. The van der Waals surface area contributed by atoms with Crippen LogP contribution in [0.5, 0.6) is 0 Å². The summed E-state index contributed by atoms with van der Waals surface area (Å²) in [5.41, 5.74) is 28.1. The number of aliphatic carboxylic acids is 1. The Bertz CT molecular complexity index is 1890. The lowest BCUT2D eigenvalue weighted by Crippen LogP contribution is -2.62. The third-order valence-electron chi connectivity index (χ3n) is 13.4. The summed E-state index contributed by atoms with van der Waals surface area (Å²) >= 11 is 0. The molecule has 0 saturated carbocycles. The molecular weight excluding hydrogens is 875 g/mol. The van der Waals surface area contributed by atoms with E-state index in [9.17, 15) is 38.7 Å². The third kappa shape index (κ3) is 11.5. The number of azide groups is 3. The van der Waals surface area contributed by atoms with Gasteiger partial charge in [-0.05, 0) is 74.4 Å². The summed E-state index contributed by atoms with van der Waals surface area (Å²) in [6.45, 7) is 17.6. The normalized spacial score (nSPS) is 46.3. The van der Waals surface area contributed by atoms with E-state index in [0.29, 0.717) is 0 Å². The molecule has 2 N–H and O–H groups in total. The van der Waals surface area contributed by atoms with Crippen molar-refractivity contribution in [2.24, 2.45) is 50.9 Å². The highest BCUT2D eigenvalue weighted by molar-refractivity contribution is 7.80. The van der Waals surface area contributed by atoms with E-state index < -0.39 is 145 Å². The molecule has 27 heteroatoms. The number of hydrogen-bond acceptors (Lipinski definition) is 18. The van der Waals surface area contributed by atoms with Crippen LogP contribution in [0, 0.1) is 35.5 Å². The van der Waals surface area contributed by atoms with Crippen LogP contribution in [0.2, 0.25) is 0 Å². The van der Waals surface area contributed by atoms with Crippen LogP contribution in [0.4, 0.5) is 0 Å². The first-order chi connectivity index (χ1) is 30.1. The van der Waals surface area contributed by atoms with Crippen LogP contribution in [0.3, 0.4) is 0 Å². The Balaban J connectivity index is 1.33. The number of carboxylic acid groups (broad SMARTS) is 1. The van der Waals surface area contributed by atoms with Crippen molar-refractivity contribution >= 4 is 22.8 Å². The highest BCUT2D eigenvalue weighted by Gasteiger charge is 2.55. The SMILES string of the molecule is CC1O[C@H](O[C@@H]2C(OC=O)O[C@@H](O[C@@H]3C(C)O[C@H](C)C(N=[N+]=[N-])[C@H]3C)C(OS(=O)(=O)O)[C@H]2C)C(N=[N+]=[N-])C[C@@H]1O[C@@H]1OC(C(=O)O)[C@@H](O[C@H]2OC(C)[C@@H](C)[C@H](C)C2N=[N+]=[N-])[C@H](C)C1C. The quantitative estimate of drug-likeness (QED) is 0.0681. The number of carbonyl (C=O) groups excluding carboxylic acids is 1. The molecule has 5 heterocycles. The topological polar surface area (TPSA) is 357 Å².